The lowest BCUT2D eigenvalue weighted by atomic mass is 10.0. The molecule has 1 aliphatic rings. The molecule has 0 amide bonds. The van der Waals surface area contributed by atoms with Crippen LogP contribution in [0, 0.1) is 0 Å². The van der Waals surface area contributed by atoms with E-state index in [0.29, 0.717) is 19.1 Å². The summed E-state index contributed by atoms with van der Waals surface area (Å²) in [6.45, 7) is 1.63. The maximum Gasteiger partial charge on any atom is 0.310 e. The number of hydrogen-bond donors (Lipinski definition) is 1. The number of rotatable bonds is 5. The van der Waals surface area contributed by atoms with E-state index in [0.717, 1.165) is 18.5 Å². The molecule has 18 heavy (non-hydrogen) atoms. The maximum absolute atomic E-state index is 11.6. The molecule has 3 nitrogen and oxygen atoms in total. The lowest BCUT2D eigenvalue weighted by molar-refractivity contribution is -0.143. The predicted molar refractivity (Wildman–Crippen MR) is 71.4 cm³/mol. The molecular formula is C15H21NO2. The maximum atomic E-state index is 11.6. The molecule has 1 aromatic rings. The number of nitrogens with one attached hydrogen (secondary N) is 1. The summed E-state index contributed by atoms with van der Waals surface area (Å²) in [6.07, 6.45) is 5.07. The number of piperidine rings is 1. The number of esters is 1. The number of hydrogen-bond acceptors (Lipinski definition) is 3. The van der Waals surface area contributed by atoms with Crippen molar-refractivity contribution in [1.82, 2.24) is 5.32 Å². The summed E-state index contributed by atoms with van der Waals surface area (Å²) in [6, 6.07) is 10.3. The molecule has 98 valence electrons. The van der Waals surface area contributed by atoms with Crippen molar-refractivity contribution in [3.05, 3.63) is 35.9 Å². The Hall–Kier alpha value is -1.35. The molecule has 1 heterocycles. The highest BCUT2D eigenvalue weighted by Gasteiger charge is 2.13. The average molecular weight is 247 g/mol. The largest absolute Gasteiger partial charge is 0.465 e. The molecule has 1 aromatic carbocycles. The fourth-order valence-corrected chi connectivity index (χ4v) is 2.30. The summed E-state index contributed by atoms with van der Waals surface area (Å²) in [5.41, 5.74) is 1.01. The van der Waals surface area contributed by atoms with Gasteiger partial charge in [0.25, 0.3) is 0 Å². The van der Waals surface area contributed by atoms with E-state index in [2.05, 4.69) is 5.32 Å². The molecule has 1 N–H and O–H groups in total. The van der Waals surface area contributed by atoms with E-state index in [9.17, 15) is 4.79 Å². The third-order valence-corrected chi connectivity index (χ3v) is 3.33. The van der Waals surface area contributed by atoms with Crippen molar-refractivity contribution in [1.29, 1.82) is 0 Å². The first-order valence-electron chi connectivity index (χ1n) is 6.77. The first-order valence-corrected chi connectivity index (χ1v) is 6.77. The van der Waals surface area contributed by atoms with Gasteiger partial charge in [-0.25, -0.2) is 0 Å². The van der Waals surface area contributed by atoms with Gasteiger partial charge in [0.15, 0.2) is 0 Å². The molecular weight excluding hydrogens is 226 g/mol. The standard InChI is InChI=1S/C15H21NO2/c17-15(12-13-6-2-1-3-7-13)18-11-9-14-8-4-5-10-16-14/h1-3,6-7,14,16H,4-5,8-12H2. The molecule has 0 radical (unpaired) electrons. The molecule has 1 saturated heterocycles. The van der Waals surface area contributed by atoms with Crippen molar-refractivity contribution in [2.75, 3.05) is 13.2 Å². The summed E-state index contributed by atoms with van der Waals surface area (Å²) in [5.74, 6) is -0.128. The van der Waals surface area contributed by atoms with Gasteiger partial charge in [0.2, 0.25) is 0 Å². The Balaban J connectivity index is 1.62. The highest BCUT2D eigenvalue weighted by atomic mass is 16.5. The quantitative estimate of drug-likeness (QED) is 0.811. The van der Waals surface area contributed by atoms with Crippen molar-refractivity contribution >= 4 is 5.97 Å². The smallest absolute Gasteiger partial charge is 0.310 e. The summed E-state index contributed by atoms with van der Waals surface area (Å²) in [4.78, 5) is 11.6. The molecule has 1 fully saturated rings. The molecule has 1 atom stereocenters. The second-order valence-corrected chi connectivity index (χ2v) is 4.82. The van der Waals surface area contributed by atoms with E-state index in [1.54, 1.807) is 0 Å². The van der Waals surface area contributed by atoms with E-state index >= 15 is 0 Å². The molecule has 0 saturated carbocycles. The Labute approximate surface area is 109 Å². The lowest BCUT2D eigenvalue weighted by Gasteiger charge is -2.23. The molecule has 0 bridgehead atoms. The number of ether oxygens (including phenoxy) is 1. The van der Waals surface area contributed by atoms with Gasteiger partial charge in [0, 0.05) is 6.04 Å². The van der Waals surface area contributed by atoms with Crippen LogP contribution in [-0.2, 0) is 16.0 Å². The second-order valence-electron chi connectivity index (χ2n) is 4.82. The van der Waals surface area contributed by atoms with Crippen molar-refractivity contribution in [3.8, 4) is 0 Å². The minimum Gasteiger partial charge on any atom is -0.465 e. The van der Waals surface area contributed by atoms with E-state index in [1.165, 1.54) is 19.3 Å². The summed E-state index contributed by atoms with van der Waals surface area (Å²) in [7, 11) is 0. The SMILES string of the molecule is O=C(Cc1ccccc1)OCCC1CCCCN1. The number of carbonyl (C=O) groups is 1. The zero-order valence-electron chi connectivity index (χ0n) is 10.7. The molecule has 0 aliphatic carbocycles. The van der Waals surface area contributed by atoms with Crippen LogP contribution < -0.4 is 5.32 Å². The van der Waals surface area contributed by atoms with E-state index in [4.69, 9.17) is 4.74 Å². The van der Waals surface area contributed by atoms with Crippen molar-refractivity contribution < 1.29 is 9.53 Å². The average Bonchev–Trinajstić information content (AvgIpc) is 2.41. The number of benzene rings is 1. The van der Waals surface area contributed by atoms with E-state index in [-0.39, 0.29) is 5.97 Å². The first-order chi connectivity index (χ1) is 8.84. The molecule has 3 heteroatoms. The van der Waals surface area contributed by atoms with Crippen molar-refractivity contribution in [3.63, 3.8) is 0 Å². The Morgan fingerprint density at radius 2 is 2.11 bits per heavy atom. The third-order valence-electron chi connectivity index (χ3n) is 3.33. The Kier molecular flexibility index (Phi) is 5.21. The van der Waals surface area contributed by atoms with Gasteiger partial charge in [-0.1, -0.05) is 36.8 Å². The van der Waals surface area contributed by atoms with Crippen LogP contribution in [0.3, 0.4) is 0 Å². The van der Waals surface area contributed by atoms with E-state index in [1.807, 2.05) is 30.3 Å². The highest BCUT2D eigenvalue weighted by Crippen LogP contribution is 2.10. The summed E-state index contributed by atoms with van der Waals surface area (Å²) >= 11 is 0. The Morgan fingerprint density at radius 1 is 1.28 bits per heavy atom. The van der Waals surface area contributed by atoms with Gasteiger partial charge in [0.05, 0.1) is 13.0 Å². The third kappa shape index (κ3) is 4.49. The van der Waals surface area contributed by atoms with Crippen molar-refractivity contribution in [2.24, 2.45) is 0 Å². The molecule has 1 aliphatic heterocycles. The van der Waals surface area contributed by atoms with Gasteiger partial charge in [0.1, 0.15) is 0 Å². The van der Waals surface area contributed by atoms with Crippen LogP contribution in [0.15, 0.2) is 30.3 Å². The molecule has 0 spiro atoms. The summed E-state index contributed by atoms with van der Waals surface area (Å²) < 4.78 is 5.27. The van der Waals surface area contributed by atoms with Gasteiger partial charge >= 0.3 is 5.97 Å². The Morgan fingerprint density at radius 3 is 2.83 bits per heavy atom. The monoisotopic (exact) mass is 247 g/mol. The van der Waals surface area contributed by atoms with Gasteiger partial charge in [-0.3, -0.25) is 4.79 Å². The van der Waals surface area contributed by atoms with Gasteiger partial charge in [-0.05, 0) is 31.4 Å². The van der Waals surface area contributed by atoms with E-state index < -0.39 is 0 Å². The predicted octanol–water partition coefficient (Wildman–Crippen LogP) is 2.30. The topological polar surface area (TPSA) is 38.3 Å². The molecule has 1 unspecified atom stereocenters. The highest BCUT2D eigenvalue weighted by molar-refractivity contribution is 5.72. The minimum absolute atomic E-state index is 0.128. The molecule has 2 rings (SSSR count). The van der Waals surface area contributed by atoms with Crippen LogP contribution in [0.4, 0.5) is 0 Å². The number of carbonyl (C=O) groups excluding carboxylic acids is 1. The van der Waals surface area contributed by atoms with Crippen LogP contribution in [-0.4, -0.2) is 25.2 Å². The van der Waals surface area contributed by atoms with Crippen LogP contribution in [0.5, 0.6) is 0 Å². The van der Waals surface area contributed by atoms with Gasteiger partial charge in [-0.2, -0.15) is 0 Å². The van der Waals surface area contributed by atoms with Crippen molar-refractivity contribution in [2.45, 2.75) is 38.1 Å². The second kappa shape index (κ2) is 7.17. The van der Waals surface area contributed by atoms with Crippen LogP contribution in [0.25, 0.3) is 0 Å². The normalized spacial score (nSPS) is 19.4. The fourth-order valence-electron chi connectivity index (χ4n) is 2.30. The lowest BCUT2D eigenvalue weighted by Crippen LogP contribution is -2.35. The van der Waals surface area contributed by atoms with Crippen LogP contribution >= 0.6 is 0 Å². The zero-order valence-corrected chi connectivity index (χ0v) is 10.7. The minimum atomic E-state index is -0.128. The fraction of sp³-hybridized carbons (Fsp3) is 0.533. The Bertz CT molecular complexity index is 358. The van der Waals surface area contributed by atoms with Gasteiger partial charge < -0.3 is 10.1 Å². The van der Waals surface area contributed by atoms with Gasteiger partial charge in [-0.15, -0.1) is 0 Å². The van der Waals surface area contributed by atoms with Crippen LogP contribution in [0.2, 0.25) is 0 Å². The molecule has 0 aromatic heterocycles. The first kappa shape index (κ1) is 13.1. The summed E-state index contributed by atoms with van der Waals surface area (Å²) in [5, 5.41) is 3.45. The van der Waals surface area contributed by atoms with Crippen LogP contribution in [0.1, 0.15) is 31.2 Å². The zero-order chi connectivity index (χ0) is 12.6.